The second-order valence-corrected chi connectivity index (χ2v) is 5.39. The summed E-state index contributed by atoms with van der Waals surface area (Å²) in [6.45, 7) is 0. The molecule has 102 valence electrons. The molecule has 0 radical (unpaired) electrons. The molecule has 0 aliphatic carbocycles. The number of anilines is 1. The van der Waals surface area contributed by atoms with Crippen molar-refractivity contribution in [3.05, 3.63) is 22.8 Å². The molecule has 2 aliphatic heterocycles. The van der Waals surface area contributed by atoms with Crippen LogP contribution in [0.25, 0.3) is 0 Å². The van der Waals surface area contributed by atoms with Crippen LogP contribution in [0.4, 0.5) is 5.82 Å². The maximum Gasteiger partial charge on any atom is 0.251 e. The van der Waals surface area contributed by atoms with Gasteiger partial charge < -0.3 is 15.4 Å². The minimum atomic E-state index is -0.123. The summed E-state index contributed by atoms with van der Waals surface area (Å²) in [5.41, 5.74) is 0.520. The van der Waals surface area contributed by atoms with E-state index in [4.69, 9.17) is 16.3 Å². The van der Waals surface area contributed by atoms with Crippen LogP contribution in [0.5, 0.6) is 0 Å². The third kappa shape index (κ3) is 2.53. The quantitative estimate of drug-likeness (QED) is 0.830. The highest BCUT2D eigenvalue weighted by Crippen LogP contribution is 2.34. The summed E-state index contributed by atoms with van der Waals surface area (Å²) in [7, 11) is 1.74. The van der Waals surface area contributed by atoms with E-state index < -0.39 is 0 Å². The minimum absolute atomic E-state index is 0.122. The molecule has 3 rings (SSSR count). The summed E-state index contributed by atoms with van der Waals surface area (Å²) < 4.78 is 5.72. The largest absolute Gasteiger partial charge is 0.373 e. The topological polar surface area (TPSA) is 63.2 Å². The highest BCUT2D eigenvalue weighted by atomic mass is 35.5. The van der Waals surface area contributed by atoms with Crippen LogP contribution in [0.3, 0.4) is 0 Å². The normalized spacial score (nSPS) is 28.4. The van der Waals surface area contributed by atoms with Gasteiger partial charge in [-0.1, -0.05) is 11.6 Å². The molecule has 2 fully saturated rings. The molecule has 2 saturated heterocycles. The smallest absolute Gasteiger partial charge is 0.251 e. The van der Waals surface area contributed by atoms with E-state index in [1.807, 2.05) is 0 Å². The fourth-order valence-corrected chi connectivity index (χ4v) is 3.01. The first-order valence-electron chi connectivity index (χ1n) is 6.47. The monoisotopic (exact) mass is 281 g/mol. The van der Waals surface area contributed by atoms with Crippen molar-refractivity contribution >= 4 is 23.3 Å². The number of hydrogen-bond acceptors (Lipinski definition) is 4. The van der Waals surface area contributed by atoms with Crippen LogP contribution in [0.15, 0.2) is 12.1 Å². The van der Waals surface area contributed by atoms with Gasteiger partial charge in [0.15, 0.2) is 0 Å². The molecule has 1 aromatic rings. The number of amides is 1. The van der Waals surface area contributed by atoms with E-state index in [2.05, 4.69) is 15.6 Å². The Labute approximate surface area is 116 Å². The molecule has 2 N–H and O–H groups in total. The van der Waals surface area contributed by atoms with E-state index >= 15 is 0 Å². The van der Waals surface area contributed by atoms with Gasteiger partial charge in [-0.25, -0.2) is 4.98 Å². The minimum Gasteiger partial charge on any atom is -0.373 e. The van der Waals surface area contributed by atoms with Crippen molar-refractivity contribution in [1.29, 1.82) is 0 Å². The lowest BCUT2D eigenvalue weighted by Gasteiger charge is -2.20. The lowest BCUT2D eigenvalue weighted by molar-refractivity contribution is 0.0841. The van der Waals surface area contributed by atoms with Crippen molar-refractivity contribution in [1.82, 2.24) is 10.3 Å². The van der Waals surface area contributed by atoms with E-state index in [0.29, 0.717) is 22.6 Å². The van der Waals surface area contributed by atoms with Crippen LogP contribution in [-0.2, 0) is 4.74 Å². The van der Waals surface area contributed by atoms with Gasteiger partial charge in [-0.3, -0.25) is 4.79 Å². The van der Waals surface area contributed by atoms with Gasteiger partial charge in [0, 0.05) is 12.6 Å². The lowest BCUT2D eigenvalue weighted by atomic mass is 9.95. The van der Waals surface area contributed by atoms with Gasteiger partial charge in [-0.15, -0.1) is 0 Å². The molecule has 3 atom stereocenters. The molecule has 1 amide bonds. The Morgan fingerprint density at radius 3 is 2.95 bits per heavy atom. The third-order valence-corrected chi connectivity index (χ3v) is 3.93. The summed E-state index contributed by atoms with van der Waals surface area (Å²) in [5, 5.41) is 6.22. The van der Waals surface area contributed by atoms with Crippen LogP contribution < -0.4 is 10.6 Å². The van der Waals surface area contributed by atoms with Crippen LogP contribution in [0, 0.1) is 0 Å². The van der Waals surface area contributed by atoms with Crippen molar-refractivity contribution in [3.8, 4) is 0 Å². The SMILES string of the molecule is CNc1cc(C(=O)NC2CC3CCC2O3)cc(Cl)n1. The summed E-state index contributed by atoms with van der Waals surface area (Å²) in [5.74, 6) is 0.462. The Balaban J connectivity index is 1.72. The van der Waals surface area contributed by atoms with Crippen LogP contribution in [0.2, 0.25) is 5.15 Å². The number of carbonyl (C=O) groups is 1. The lowest BCUT2D eigenvalue weighted by Crippen LogP contribution is -2.41. The van der Waals surface area contributed by atoms with Crippen molar-refractivity contribution < 1.29 is 9.53 Å². The molecular formula is C13H16ClN3O2. The number of ether oxygens (including phenoxy) is 1. The van der Waals surface area contributed by atoms with Gasteiger partial charge in [0.1, 0.15) is 11.0 Å². The van der Waals surface area contributed by atoms with E-state index in [-0.39, 0.29) is 18.1 Å². The number of pyridine rings is 1. The molecule has 2 aliphatic rings. The van der Waals surface area contributed by atoms with Gasteiger partial charge >= 0.3 is 0 Å². The summed E-state index contributed by atoms with van der Waals surface area (Å²) in [6.07, 6.45) is 3.56. The molecule has 0 spiro atoms. The highest BCUT2D eigenvalue weighted by Gasteiger charge is 2.41. The van der Waals surface area contributed by atoms with Crippen molar-refractivity contribution in [2.75, 3.05) is 12.4 Å². The predicted octanol–water partition coefficient (Wildman–Crippen LogP) is 1.83. The Morgan fingerprint density at radius 2 is 2.32 bits per heavy atom. The van der Waals surface area contributed by atoms with Gasteiger partial charge in [0.2, 0.25) is 0 Å². The van der Waals surface area contributed by atoms with Gasteiger partial charge in [0.25, 0.3) is 5.91 Å². The fraction of sp³-hybridized carbons (Fsp3) is 0.538. The molecule has 1 aromatic heterocycles. The summed E-state index contributed by atoms with van der Waals surface area (Å²) in [6, 6.07) is 3.39. The molecular weight excluding hydrogens is 266 g/mol. The van der Waals surface area contributed by atoms with Crippen LogP contribution >= 0.6 is 11.6 Å². The number of carbonyl (C=O) groups excluding carboxylic acids is 1. The van der Waals surface area contributed by atoms with E-state index in [1.165, 1.54) is 0 Å². The number of hydrogen-bond donors (Lipinski definition) is 2. The molecule has 0 aromatic carbocycles. The molecule has 19 heavy (non-hydrogen) atoms. The summed E-state index contributed by atoms with van der Waals surface area (Å²) >= 11 is 5.90. The Kier molecular flexibility index (Phi) is 3.33. The fourth-order valence-electron chi connectivity index (χ4n) is 2.80. The first-order valence-corrected chi connectivity index (χ1v) is 6.85. The molecule has 5 nitrogen and oxygen atoms in total. The molecule has 2 bridgehead atoms. The molecule has 3 heterocycles. The van der Waals surface area contributed by atoms with Gasteiger partial charge in [0.05, 0.1) is 18.2 Å². The second-order valence-electron chi connectivity index (χ2n) is 5.00. The molecule has 3 unspecified atom stereocenters. The zero-order valence-corrected chi connectivity index (χ0v) is 11.4. The Hall–Kier alpha value is -1.33. The number of fused-ring (bicyclic) bond motifs is 2. The zero-order chi connectivity index (χ0) is 13.4. The number of halogens is 1. The number of nitrogens with one attached hydrogen (secondary N) is 2. The van der Waals surface area contributed by atoms with Gasteiger partial charge in [-0.2, -0.15) is 0 Å². The third-order valence-electron chi connectivity index (χ3n) is 3.73. The Morgan fingerprint density at radius 1 is 1.47 bits per heavy atom. The van der Waals surface area contributed by atoms with Gasteiger partial charge in [-0.05, 0) is 31.4 Å². The number of nitrogens with zero attached hydrogens (tertiary/aromatic N) is 1. The predicted molar refractivity (Wildman–Crippen MR) is 72.6 cm³/mol. The molecule has 6 heteroatoms. The molecule has 0 saturated carbocycles. The maximum atomic E-state index is 12.2. The maximum absolute atomic E-state index is 12.2. The first kappa shape index (κ1) is 12.7. The van der Waals surface area contributed by atoms with E-state index in [1.54, 1.807) is 19.2 Å². The standard InChI is InChI=1S/C13H16ClN3O2/c1-15-12-5-7(4-11(14)17-12)13(18)16-9-6-8-2-3-10(9)19-8/h4-5,8-10H,2-3,6H2,1H3,(H,15,17)(H,16,18). The van der Waals surface area contributed by atoms with Crippen LogP contribution in [0.1, 0.15) is 29.6 Å². The Bertz CT molecular complexity index is 509. The van der Waals surface area contributed by atoms with Crippen molar-refractivity contribution in [2.24, 2.45) is 0 Å². The van der Waals surface area contributed by atoms with E-state index in [9.17, 15) is 4.79 Å². The summed E-state index contributed by atoms with van der Waals surface area (Å²) in [4.78, 5) is 16.3. The van der Waals surface area contributed by atoms with Crippen LogP contribution in [-0.4, -0.2) is 36.2 Å². The average Bonchev–Trinajstić information content (AvgIpc) is 3.00. The second kappa shape index (κ2) is 4.98. The average molecular weight is 282 g/mol. The van der Waals surface area contributed by atoms with Crippen molar-refractivity contribution in [2.45, 2.75) is 37.5 Å². The number of aromatic nitrogens is 1. The zero-order valence-electron chi connectivity index (χ0n) is 10.6. The van der Waals surface area contributed by atoms with E-state index in [0.717, 1.165) is 19.3 Å². The van der Waals surface area contributed by atoms with Crippen molar-refractivity contribution in [3.63, 3.8) is 0 Å². The first-order chi connectivity index (χ1) is 9.15. The highest BCUT2D eigenvalue weighted by molar-refractivity contribution is 6.29. The number of rotatable bonds is 3.